The molecule has 0 radical (unpaired) electrons. The lowest BCUT2D eigenvalue weighted by Crippen LogP contribution is -1.97. The maximum absolute atomic E-state index is 5.89. The van der Waals surface area contributed by atoms with Crippen molar-refractivity contribution in [1.29, 1.82) is 0 Å². The van der Waals surface area contributed by atoms with E-state index < -0.39 is 0 Å². The lowest BCUT2D eigenvalue weighted by Gasteiger charge is -2.05. The van der Waals surface area contributed by atoms with Gasteiger partial charge in [0.15, 0.2) is 5.65 Å². The van der Waals surface area contributed by atoms with E-state index in [4.69, 9.17) is 22.1 Å². The van der Waals surface area contributed by atoms with E-state index in [0.717, 1.165) is 0 Å². The number of nitrogens with zero attached hydrogens (tertiary/aromatic N) is 5. The summed E-state index contributed by atoms with van der Waals surface area (Å²) in [7, 11) is 0. The fourth-order valence-electron chi connectivity index (χ4n) is 1.38. The molecule has 1 aromatic carbocycles. The van der Waals surface area contributed by atoms with E-state index in [1.54, 1.807) is 30.3 Å². The third kappa shape index (κ3) is 1.91. The molecule has 0 aliphatic rings. The molecule has 0 bridgehead atoms. The summed E-state index contributed by atoms with van der Waals surface area (Å²) < 4.78 is 6.80. The van der Waals surface area contributed by atoms with Gasteiger partial charge in [-0.25, -0.2) is 0 Å². The maximum Gasteiger partial charge on any atom is 0.239 e. The van der Waals surface area contributed by atoms with E-state index in [-0.39, 0.29) is 0 Å². The second-order valence-corrected chi connectivity index (χ2v) is 3.89. The lowest BCUT2D eigenvalue weighted by atomic mass is 10.3. The van der Waals surface area contributed by atoms with Gasteiger partial charge >= 0.3 is 0 Å². The average molecular weight is 263 g/mol. The lowest BCUT2D eigenvalue weighted by molar-refractivity contribution is 0.447. The molecular formula is C10H7ClN6O. The topological polar surface area (TPSA) is 91.2 Å². The zero-order valence-corrected chi connectivity index (χ0v) is 9.74. The molecule has 2 aromatic heterocycles. The van der Waals surface area contributed by atoms with Gasteiger partial charge in [-0.1, -0.05) is 11.6 Å². The Kier molecular flexibility index (Phi) is 2.45. The predicted octanol–water partition coefficient (Wildman–Crippen LogP) is 1.55. The number of ether oxygens (including phenoxy) is 1. The summed E-state index contributed by atoms with van der Waals surface area (Å²) in [6.07, 6.45) is 0. The predicted molar refractivity (Wildman–Crippen MR) is 64.5 cm³/mol. The molecule has 8 heteroatoms. The molecule has 0 fully saturated rings. The third-order valence-electron chi connectivity index (χ3n) is 2.24. The minimum atomic E-state index is 0.357. The van der Waals surface area contributed by atoms with Gasteiger partial charge in [0.25, 0.3) is 0 Å². The SMILES string of the molecule is Nc1ccc(Oc2ccc3nnnn3n2)cc1Cl. The number of halogens is 1. The van der Waals surface area contributed by atoms with E-state index >= 15 is 0 Å². The van der Waals surface area contributed by atoms with Crippen molar-refractivity contribution < 1.29 is 4.74 Å². The minimum Gasteiger partial charge on any atom is -0.437 e. The summed E-state index contributed by atoms with van der Waals surface area (Å²) in [5, 5.41) is 15.4. The number of anilines is 1. The van der Waals surface area contributed by atoms with Crippen LogP contribution < -0.4 is 10.5 Å². The van der Waals surface area contributed by atoms with Crippen LogP contribution in [0.15, 0.2) is 30.3 Å². The fraction of sp³-hybridized carbons (Fsp3) is 0. The summed E-state index contributed by atoms with van der Waals surface area (Å²) in [6.45, 7) is 0. The van der Waals surface area contributed by atoms with Crippen LogP contribution in [0.25, 0.3) is 5.65 Å². The molecule has 7 nitrogen and oxygen atoms in total. The van der Waals surface area contributed by atoms with E-state index in [1.165, 1.54) is 4.63 Å². The number of tetrazole rings is 1. The second kappa shape index (κ2) is 4.11. The van der Waals surface area contributed by atoms with Gasteiger partial charge in [0.2, 0.25) is 5.88 Å². The third-order valence-corrected chi connectivity index (χ3v) is 2.57. The van der Waals surface area contributed by atoms with Crippen LogP contribution in [0.4, 0.5) is 5.69 Å². The standard InChI is InChI=1S/C10H7ClN6O/c11-7-5-6(1-2-8(7)12)18-10-4-3-9-13-15-16-17(9)14-10/h1-5H,12H2. The highest BCUT2D eigenvalue weighted by Gasteiger charge is 2.04. The van der Waals surface area contributed by atoms with Crippen molar-refractivity contribution in [1.82, 2.24) is 25.3 Å². The van der Waals surface area contributed by atoms with Gasteiger partial charge < -0.3 is 10.5 Å². The number of aromatic nitrogens is 5. The molecule has 0 spiro atoms. The van der Waals surface area contributed by atoms with E-state index in [2.05, 4.69) is 20.6 Å². The van der Waals surface area contributed by atoms with Crippen LogP contribution in [0, 0.1) is 0 Å². The summed E-state index contributed by atoms with van der Waals surface area (Å²) in [6, 6.07) is 8.33. The van der Waals surface area contributed by atoms with Gasteiger partial charge in [-0.3, -0.25) is 0 Å². The molecule has 0 saturated heterocycles. The summed E-state index contributed by atoms with van der Waals surface area (Å²) in [5.41, 5.74) is 6.64. The summed E-state index contributed by atoms with van der Waals surface area (Å²) in [4.78, 5) is 0. The van der Waals surface area contributed by atoms with Crippen LogP contribution in [-0.2, 0) is 0 Å². The normalized spacial score (nSPS) is 10.7. The van der Waals surface area contributed by atoms with Crippen molar-refractivity contribution >= 4 is 22.9 Å². The Morgan fingerprint density at radius 2 is 2.11 bits per heavy atom. The molecule has 0 unspecified atom stereocenters. The second-order valence-electron chi connectivity index (χ2n) is 3.48. The highest BCUT2D eigenvalue weighted by Crippen LogP contribution is 2.26. The van der Waals surface area contributed by atoms with Gasteiger partial charge in [0, 0.05) is 12.1 Å². The van der Waals surface area contributed by atoms with Crippen LogP contribution in [0.5, 0.6) is 11.6 Å². The maximum atomic E-state index is 5.89. The first-order valence-electron chi connectivity index (χ1n) is 5.01. The Labute approximate surface area is 106 Å². The molecular weight excluding hydrogens is 256 g/mol. The molecule has 0 aliphatic heterocycles. The number of hydrogen-bond acceptors (Lipinski definition) is 6. The van der Waals surface area contributed by atoms with Crippen LogP contribution in [0.2, 0.25) is 5.02 Å². The first-order valence-corrected chi connectivity index (χ1v) is 5.38. The summed E-state index contributed by atoms with van der Waals surface area (Å²) in [5.74, 6) is 0.893. The van der Waals surface area contributed by atoms with E-state index in [9.17, 15) is 0 Å². The first-order chi connectivity index (χ1) is 8.72. The van der Waals surface area contributed by atoms with Crippen LogP contribution >= 0.6 is 11.6 Å². The zero-order valence-electron chi connectivity index (χ0n) is 8.99. The largest absolute Gasteiger partial charge is 0.437 e. The monoisotopic (exact) mass is 262 g/mol. The summed E-state index contributed by atoms with van der Waals surface area (Å²) >= 11 is 5.89. The zero-order chi connectivity index (χ0) is 12.5. The van der Waals surface area contributed by atoms with Gasteiger partial charge in [-0.15, -0.1) is 14.8 Å². The molecule has 0 saturated carbocycles. The average Bonchev–Trinajstić information content (AvgIpc) is 2.81. The Morgan fingerprint density at radius 1 is 1.22 bits per heavy atom. The molecule has 2 N–H and O–H groups in total. The number of nitrogens with two attached hydrogens (primary N) is 1. The number of rotatable bonds is 2. The Bertz CT molecular complexity index is 712. The van der Waals surface area contributed by atoms with Gasteiger partial charge in [0.1, 0.15) is 5.75 Å². The fourth-order valence-corrected chi connectivity index (χ4v) is 1.55. The number of fused-ring (bicyclic) bond motifs is 1. The molecule has 3 rings (SSSR count). The number of benzene rings is 1. The molecule has 18 heavy (non-hydrogen) atoms. The van der Waals surface area contributed by atoms with Crippen LogP contribution in [0.3, 0.4) is 0 Å². The molecule has 0 amide bonds. The smallest absolute Gasteiger partial charge is 0.239 e. The Hall–Kier alpha value is -2.41. The quantitative estimate of drug-likeness (QED) is 0.705. The van der Waals surface area contributed by atoms with Crippen molar-refractivity contribution in [3.05, 3.63) is 35.4 Å². The Balaban J connectivity index is 1.92. The van der Waals surface area contributed by atoms with Crippen molar-refractivity contribution in [3.63, 3.8) is 0 Å². The van der Waals surface area contributed by atoms with E-state index in [1.807, 2.05) is 0 Å². The van der Waals surface area contributed by atoms with Crippen LogP contribution in [-0.4, -0.2) is 25.3 Å². The van der Waals surface area contributed by atoms with Crippen molar-refractivity contribution in [3.8, 4) is 11.6 Å². The van der Waals surface area contributed by atoms with Gasteiger partial charge in [-0.2, -0.15) is 0 Å². The minimum absolute atomic E-state index is 0.357. The van der Waals surface area contributed by atoms with Gasteiger partial charge in [-0.05, 0) is 28.6 Å². The highest BCUT2D eigenvalue weighted by atomic mass is 35.5. The number of nitrogen functional groups attached to an aromatic ring is 1. The van der Waals surface area contributed by atoms with Crippen molar-refractivity contribution in [2.45, 2.75) is 0 Å². The van der Waals surface area contributed by atoms with E-state index in [0.29, 0.717) is 28.0 Å². The highest BCUT2D eigenvalue weighted by molar-refractivity contribution is 6.33. The molecule has 0 atom stereocenters. The Morgan fingerprint density at radius 3 is 2.94 bits per heavy atom. The first kappa shape index (κ1) is 10.7. The van der Waals surface area contributed by atoms with Crippen molar-refractivity contribution in [2.75, 3.05) is 5.73 Å². The molecule has 3 aromatic rings. The molecule has 2 heterocycles. The van der Waals surface area contributed by atoms with Crippen molar-refractivity contribution in [2.24, 2.45) is 0 Å². The van der Waals surface area contributed by atoms with Gasteiger partial charge in [0.05, 0.1) is 10.7 Å². The molecule has 0 aliphatic carbocycles. The molecule has 90 valence electrons. The van der Waals surface area contributed by atoms with Crippen LogP contribution in [0.1, 0.15) is 0 Å². The number of hydrogen-bond donors (Lipinski definition) is 1.